The summed E-state index contributed by atoms with van der Waals surface area (Å²) < 4.78 is 0. The maximum Gasteiger partial charge on any atom is 0.333 e. The molecule has 1 atom stereocenters. The Morgan fingerprint density at radius 1 is 1.26 bits per heavy atom. The Balaban J connectivity index is 2.42. The van der Waals surface area contributed by atoms with Crippen molar-refractivity contribution in [2.24, 2.45) is 0 Å². The highest BCUT2D eigenvalue weighted by atomic mass is 16.4. The standard InChI is InChI=1S/C15H16N2O2/c1-11-10-16-9-8-13(11)17-15(2,14(18)19)12-6-4-3-5-7-12/h3-10H,1-2H3,(H,16,17)(H,18,19). The van der Waals surface area contributed by atoms with E-state index in [2.05, 4.69) is 10.3 Å². The number of carbonyl (C=O) groups is 1. The summed E-state index contributed by atoms with van der Waals surface area (Å²) in [4.78, 5) is 15.7. The van der Waals surface area contributed by atoms with E-state index in [1.165, 1.54) is 0 Å². The van der Waals surface area contributed by atoms with Gasteiger partial charge in [-0.05, 0) is 31.0 Å². The Bertz CT molecular complexity index is 584. The summed E-state index contributed by atoms with van der Waals surface area (Å²) in [5.41, 5.74) is 1.21. The quantitative estimate of drug-likeness (QED) is 0.883. The van der Waals surface area contributed by atoms with E-state index in [4.69, 9.17) is 0 Å². The number of nitrogens with one attached hydrogen (secondary N) is 1. The van der Waals surface area contributed by atoms with Gasteiger partial charge in [0, 0.05) is 18.1 Å². The van der Waals surface area contributed by atoms with E-state index >= 15 is 0 Å². The van der Waals surface area contributed by atoms with Crippen molar-refractivity contribution in [2.45, 2.75) is 19.4 Å². The third kappa shape index (κ3) is 2.57. The van der Waals surface area contributed by atoms with Crippen molar-refractivity contribution in [1.82, 2.24) is 4.98 Å². The van der Waals surface area contributed by atoms with Crippen molar-refractivity contribution in [3.8, 4) is 0 Å². The lowest BCUT2D eigenvalue weighted by Crippen LogP contribution is -2.40. The lowest BCUT2D eigenvalue weighted by atomic mass is 9.91. The zero-order valence-electron chi connectivity index (χ0n) is 10.9. The molecule has 2 aromatic rings. The highest BCUT2D eigenvalue weighted by molar-refractivity contribution is 5.84. The Hall–Kier alpha value is -2.36. The lowest BCUT2D eigenvalue weighted by molar-refractivity contribution is -0.142. The van der Waals surface area contributed by atoms with Crippen LogP contribution in [0.5, 0.6) is 0 Å². The van der Waals surface area contributed by atoms with Gasteiger partial charge in [-0.15, -0.1) is 0 Å². The van der Waals surface area contributed by atoms with Gasteiger partial charge in [0.2, 0.25) is 0 Å². The number of benzene rings is 1. The summed E-state index contributed by atoms with van der Waals surface area (Å²) in [5, 5.41) is 12.7. The normalized spacial score (nSPS) is 13.6. The van der Waals surface area contributed by atoms with Crippen LogP contribution in [-0.4, -0.2) is 16.1 Å². The molecule has 4 nitrogen and oxygen atoms in total. The van der Waals surface area contributed by atoms with Gasteiger partial charge in [0.1, 0.15) is 0 Å². The molecular formula is C15H16N2O2. The molecule has 1 unspecified atom stereocenters. The topological polar surface area (TPSA) is 62.2 Å². The minimum Gasteiger partial charge on any atom is -0.479 e. The zero-order chi connectivity index (χ0) is 13.9. The first-order chi connectivity index (χ1) is 9.04. The summed E-state index contributed by atoms with van der Waals surface area (Å²) in [6, 6.07) is 10.9. The molecule has 0 spiro atoms. The van der Waals surface area contributed by atoms with Crippen LogP contribution in [0.25, 0.3) is 0 Å². The highest BCUT2D eigenvalue weighted by Crippen LogP contribution is 2.27. The molecule has 1 aromatic carbocycles. The van der Waals surface area contributed by atoms with Gasteiger partial charge in [-0.25, -0.2) is 4.79 Å². The van der Waals surface area contributed by atoms with E-state index in [0.717, 1.165) is 11.3 Å². The van der Waals surface area contributed by atoms with Crippen molar-refractivity contribution in [3.63, 3.8) is 0 Å². The molecule has 1 aromatic heterocycles. The number of aryl methyl sites for hydroxylation is 1. The number of rotatable bonds is 4. The molecule has 0 aliphatic carbocycles. The molecule has 0 aliphatic rings. The van der Waals surface area contributed by atoms with Crippen molar-refractivity contribution in [3.05, 3.63) is 59.9 Å². The predicted octanol–water partition coefficient (Wildman–Crippen LogP) is 2.80. The van der Waals surface area contributed by atoms with Gasteiger partial charge in [-0.3, -0.25) is 4.98 Å². The average Bonchev–Trinajstić information content (AvgIpc) is 2.42. The number of anilines is 1. The van der Waals surface area contributed by atoms with E-state index in [9.17, 15) is 9.90 Å². The minimum absolute atomic E-state index is 0.707. The minimum atomic E-state index is -1.17. The van der Waals surface area contributed by atoms with E-state index < -0.39 is 11.5 Å². The predicted molar refractivity (Wildman–Crippen MR) is 74.0 cm³/mol. The van der Waals surface area contributed by atoms with Crippen molar-refractivity contribution >= 4 is 11.7 Å². The second-order valence-corrected chi connectivity index (χ2v) is 4.61. The molecular weight excluding hydrogens is 240 g/mol. The summed E-state index contributed by atoms with van der Waals surface area (Å²) in [6.45, 7) is 3.55. The third-order valence-corrected chi connectivity index (χ3v) is 3.18. The molecule has 2 N–H and O–H groups in total. The molecule has 0 radical (unpaired) electrons. The van der Waals surface area contributed by atoms with Gasteiger partial charge in [-0.1, -0.05) is 30.3 Å². The van der Waals surface area contributed by atoms with Crippen LogP contribution < -0.4 is 5.32 Å². The van der Waals surface area contributed by atoms with Crippen LogP contribution in [0, 0.1) is 6.92 Å². The summed E-state index contributed by atoms with van der Waals surface area (Å²) >= 11 is 0. The highest BCUT2D eigenvalue weighted by Gasteiger charge is 2.35. The number of aromatic nitrogens is 1. The van der Waals surface area contributed by atoms with Gasteiger partial charge in [0.15, 0.2) is 5.54 Å². The smallest absolute Gasteiger partial charge is 0.333 e. The molecule has 0 aliphatic heterocycles. The number of carboxylic acids is 1. The van der Waals surface area contributed by atoms with Crippen LogP contribution >= 0.6 is 0 Å². The number of aliphatic carboxylic acids is 1. The summed E-state index contributed by atoms with van der Waals surface area (Å²) in [7, 11) is 0. The number of nitrogens with zero attached hydrogens (tertiary/aromatic N) is 1. The molecule has 0 bridgehead atoms. The molecule has 4 heteroatoms. The van der Waals surface area contributed by atoms with Crippen molar-refractivity contribution in [2.75, 3.05) is 5.32 Å². The Morgan fingerprint density at radius 3 is 2.53 bits per heavy atom. The summed E-state index contributed by atoms with van der Waals surface area (Å²) in [5.74, 6) is -0.921. The van der Waals surface area contributed by atoms with Gasteiger partial charge >= 0.3 is 5.97 Å². The van der Waals surface area contributed by atoms with Gasteiger partial charge < -0.3 is 10.4 Å². The fourth-order valence-electron chi connectivity index (χ4n) is 1.90. The fraction of sp³-hybridized carbons (Fsp3) is 0.200. The monoisotopic (exact) mass is 256 g/mol. The largest absolute Gasteiger partial charge is 0.479 e. The van der Waals surface area contributed by atoms with Gasteiger partial charge in [0.05, 0.1) is 0 Å². The first-order valence-corrected chi connectivity index (χ1v) is 6.02. The molecule has 0 amide bonds. The average molecular weight is 256 g/mol. The van der Waals surface area contributed by atoms with Crippen LogP contribution in [0.2, 0.25) is 0 Å². The molecule has 0 saturated carbocycles. The number of hydrogen-bond acceptors (Lipinski definition) is 3. The maximum atomic E-state index is 11.7. The number of carboxylic acid groups (broad SMARTS) is 1. The molecule has 0 saturated heterocycles. The molecule has 98 valence electrons. The number of pyridine rings is 1. The third-order valence-electron chi connectivity index (χ3n) is 3.18. The van der Waals surface area contributed by atoms with E-state index in [1.807, 2.05) is 25.1 Å². The first kappa shape index (κ1) is 13.1. The van der Waals surface area contributed by atoms with Crippen molar-refractivity contribution in [1.29, 1.82) is 0 Å². The van der Waals surface area contributed by atoms with Gasteiger partial charge in [0.25, 0.3) is 0 Å². The Labute approximate surface area is 112 Å². The van der Waals surface area contributed by atoms with Crippen LogP contribution in [0.1, 0.15) is 18.1 Å². The maximum absolute atomic E-state index is 11.7. The molecule has 2 rings (SSSR count). The summed E-state index contributed by atoms with van der Waals surface area (Å²) in [6.07, 6.45) is 3.35. The molecule has 19 heavy (non-hydrogen) atoms. The fourth-order valence-corrected chi connectivity index (χ4v) is 1.90. The first-order valence-electron chi connectivity index (χ1n) is 6.02. The van der Waals surface area contributed by atoms with E-state index in [1.54, 1.807) is 37.5 Å². The van der Waals surface area contributed by atoms with Crippen LogP contribution in [0.3, 0.4) is 0 Å². The van der Waals surface area contributed by atoms with Gasteiger partial charge in [-0.2, -0.15) is 0 Å². The van der Waals surface area contributed by atoms with E-state index in [0.29, 0.717) is 5.56 Å². The molecule has 0 fully saturated rings. The van der Waals surface area contributed by atoms with Crippen LogP contribution in [-0.2, 0) is 10.3 Å². The van der Waals surface area contributed by atoms with Crippen LogP contribution in [0.15, 0.2) is 48.8 Å². The van der Waals surface area contributed by atoms with E-state index in [-0.39, 0.29) is 0 Å². The zero-order valence-corrected chi connectivity index (χ0v) is 10.9. The Kier molecular flexibility index (Phi) is 3.51. The Morgan fingerprint density at radius 2 is 1.95 bits per heavy atom. The molecule has 1 heterocycles. The lowest BCUT2D eigenvalue weighted by Gasteiger charge is -2.28. The second-order valence-electron chi connectivity index (χ2n) is 4.61. The SMILES string of the molecule is Cc1cnccc1NC(C)(C(=O)O)c1ccccc1. The van der Waals surface area contributed by atoms with Crippen LogP contribution in [0.4, 0.5) is 5.69 Å². The second kappa shape index (κ2) is 5.10. The van der Waals surface area contributed by atoms with Crippen molar-refractivity contribution < 1.29 is 9.90 Å². The number of hydrogen-bond donors (Lipinski definition) is 2.